The molecule has 0 aliphatic carbocycles. The first-order valence-corrected chi connectivity index (χ1v) is 13.7. The van der Waals surface area contributed by atoms with Crippen LogP contribution >= 0.6 is 18.1 Å². The highest BCUT2D eigenvalue weighted by Crippen LogP contribution is 2.56. The lowest BCUT2D eigenvalue weighted by molar-refractivity contribution is 0.309. The second-order valence-electron chi connectivity index (χ2n) is 7.21. The fourth-order valence-corrected chi connectivity index (χ4v) is 10.2. The largest absolute Gasteiger partial charge is 0.431 e. The van der Waals surface area contributed by atoms with Gasteiger partial charge in [0.15, 0.2) is 5.58 Å². The first-order chi connectivity index (χ1) is 12.8. The van der Waals surface area contributed by atoms with E-state index in [-0.39, 0.29) is 0 Å². The Morgan fingerprint density at radius 1 is 0.962 bits per heavy atom. The van der Waals surface area contributed by atoms with Crippen molar-refractivity contribution in [2.45, 2.75) is 43.7 Å². The Hall–Kier alpha value is -0.390. The van der Waals surface area contributed by atoms with Crippen LogP contribution in [0.2, 0.25) is 0 Å². The number of hydrogen-bond acceptors (Lipinski definition) is 4. The third-order valence-corrected chi connectivity index (χ3v) is 11.9. The smallest absolute Gasteiger partial charge is 0.256 e. The Morgan fingerprint density at radius 2 is 1.58 bits per heavy atom. The predicted octanol–water partition coefficient (Wildman–Crippen LogP) is 5.20. The van der Waals surface area contributed by atoms with E-state index in [4.69, 9.17) is 16.2 Å². The summed E-state index contributed by atoms with van der Waals surface area (Å²) in [4.78, 5) is 4.60. The molecule has 7 heteroatoms. The highest BCUT2D eigenvalue weighted by Gasteiger charge is 2.33. The fraction of sp³-hybridized carbons (Fsp3) is 0.632. The van der Waals surface area contributed by atoms with Crippen LogP contribution in [0.15, 0.2) is 33.9 Å². The molecule has 0 atom stereocenters. The van der Waals surface area contributed by atoms with E-state index in [0.29, 0.717) is 0 Å². The van der Waals surface area contributed by atoms with Crippen molar-refractivity contribution in [2.24, 2.45) is 0 Å². The molecule has 4 nitrogen and oxygen atoms in total. The van der Waals surface area contributed by atoms with Gasteiger partial charge in [0, 0.05) is 38.1 Å². The summed E-state index contributed by atoms with van der Waals surface area (Å²) < 4.78 is 11.2. The first kappa shape index (κ1) is 18.9. The zero-order valence-corrected chi connectivity index (χ0v) is 17.8. The van der Waals surface area contributed by atoms with Gasteiger partial charge in [-0.2, -0.15) is 0 Å². The fourth-order valence-electron chi connectivity index (χ4n) is 4.01. The van der Waals surface area contributed by atoms with Crippen molar-refractivity contribution in [1.82, 2.24) is 14.3 Å². The molecule has 2 aliphatic rings. The third-order valence-electron chi connectivity index (χ3n) is 5.43. The molecule has 1 aromatic heterocycles. The van der Waals surface area contributed by atoms with Gasteiger partial charge in [0.2, 0.25) is 0 Å². The number of benzene rings is 1. The van der Waals surface area contributed by atoms with Gasteiger partial charge in [-0.15, -0.1) is 0 Å². The van der Waals surface area contributed by atoms with Crippen molar-refractivity contribution >= 4 is 41.0 Å². The maximum atomic E-state index is 6.42. The van der Waals surface area contributed by atoms with E-state index in [9.17, 15) is 0 Å². The van der Waals surface area contributed by atoms with E-state index in [2.05, 4.69) is 14.3 Å². The van der Waals surface area contributed by atoms with Crippen LogP contribution in [0.1, 0.15) is 38.5 Å². The molecule has 0 N–H and O–H groups in total. The lowest BCUT2D eigenvalue weighted by atomic mass is 10.2. The Morgan fingerprint density at radius 3 is 2.19 bits per heavy atom. The lowest BCUT2D eigenvalue weighted by Gasteiger charge is -2.46. The molecule has 2 saturated heterocycles. The average Bonchev–Trinajstić information content (AvgIpc) is 3.12. The Bertz CT molecular complexity index is 714. The first-order valence-electron chi connectivity index (χ1n) is 9.84. The number of aromatic nitrogens is 1. The van der Waals surface area contributed by atoms with E-state index in [1.165, 1.54) is 64.7 Å². The highest BCUT2D eigenvalue weighted by atomic mass is 32.4. The number of para-hydroxylation sites is 2. The molecule has 0 radical (unpaired) electrons. The number of fused-ring (bicyclic) bond motifs is 1. The number of piperidine rings is 2. The van der Waals surface area contributed by atoms with Gasteiger partial charge in [-0.3, -0.25) is 9.34 Å². The van der Waals surface area contributed by atoms with Gasteiger partial charge >= 0.3 is 0 Å². The molecule has 2 fully saturated rings. The molecule has 4 rings (SSSR count). The van der Waals surface area contributed by atoms with Gasteiger partial charge in [-0.25, -0.2) is 4.98 Å². The minimum atomic E-state index is -1.63. The van der Waals surface area contributed by atoms with Crippen molar-refractivity contribution in [1.29, 1.82) is 0 Å². The molecule has 26 heavy (non-hydrogen) atoms. The summed E-state index contributed by atoms with van der Waals surface area (Å²) in [5.74, 6) is 0.997. The van der Waals surface area contributed by atoms with Crippen molar-refractivity contribution in [3.8, 4) is 0 Å². The normalized spacial score (nSPS) is 20.6. The molecule has 0 spiro atoms. The second-order valence-corrected chi connectivity index (χ2v) is 12.9. The number of thioether (sulfide) groups is 1. The Labute approximate surface area is 165 Å². The zero-order chi connectivity index (χ0) is 17.8. The zero-order valence-electron chi connectivity index (χ0n) is 15.3. The summed E-state index contributed by atoms with van der Waals surface area (Å²) in [5.41, 5.74) is 1.82. The van der Waals surface area contributed by atoms with Gasteiger partial charge in [-0.1, -0.05) is 48.5 Å². The van der Waals surface area contributed by atoms with Crippen LogP contribution in [-0.2, 0) is 11.8 Å². The number of nitrogens with zero attached hydrogens (tertiary/aromatic N) is 3. The van der Waals surface area contributed by atoms with E-state index in [1.807, 2.05) is 24.3 Å². The summed E-state index contributed by atoms with van der Waals surface area (Å²) in [7, 11) is 0. The van der Waals surface area contributed by atoms with Gasteiger partial charge in [0.1, 0.15) is 5.52 Å². The standard InChI is InChI=1S/C19H28N3OPS2/c25-24(21-11-5-1-6-12-21,22-13-7-2-8-14-22)15-16-26-19-20-17-9-3-4-10-18(17)23-19/h3-4,9-10H,1-2,5-8,11-16H2. The summed E-state index contributed by atoms with van der Waals surface area (Å²) in [6, 6.07) is 7.99. The quantitative estimate of drug-likeness (QED) is 0.482. The molecule has 0 amide bonds. The molecule has 2 aromatic rings. The minimum absolute atomic E-state index is 0.782. The molecule has 0 bridgehead atoms. The lowest BCUT2D eigenvalue weighted by Crippen LogP contribution is -2.39. The number of rotatable bonds is 6. The SMILES string of the molecule is S=P(CCSc1nc2ccccc2o1)(N1CCCCC1)N1CCCCC1. The van der Waals surface area contributed by atoms with Crippen LogP contribution in [0, 0.1) is 0 Å². The van der Waals surface area contributed by atoms with Crippen molar-refractivity contribution < 1.29 is 4.42 Å². The Balaban J connectivity index is 1.44. The summed E-state index contributed by atoms with van der Waals surface area (Å²) >= 11 is 8.15. The van der Waals surface area contributed by atoms with Gasteiger partial charge < -0.3 is 4.42 Å². The van der Waals surface area contributed by atoms with E-state index in [0.717, 1.165) is 28.2 Å². The van der Waals surface area contributed by atoms with Gasteiger partial charge in [0.25, 0.3) is 5.22 Å². The van der Waals surface area contributed by atoms with Crippen LogP contribution in [0.5, 0.6) is 0 Å². The maximum absolute atomic E-state index is 6.42. The van der Waals surface area contributed by atoms with E-state index >= 15 is 0 Å². The van der Waals surface area contributed by atoms with Crippen LogP contribution in [-0.4, -0.2) is 52.4 Å². The van der Waals surface area contributed by atoms with Gasteiger partial charge in [-0.05, 0) is 37.8 Å². The van der Waals surface area contributed by atoms with Crippen molar-refractivity contribution in [2.75, 3.05) is 38.1 Å². The highest BCUT2D eigenvalue weighted by molar-refractivity contribution is 8.12. The molecular weight excluding hydrogens is 381 g/mol. The Kier molecular flexibility index (Phi) is 6.37. The molecule has 0 unspecified atom stereocenters. The summed E-state index contributed by atoms with van der Waals surface area (Å²) in [5, 5.41) is 0.782. The van der Waals surface area contributed by atoms with Crippen molar-refractivity contribution in [3.05, 3.63) is 24.3 Å². The average molecular weight is 410 g/mol. The van der Waals surface area contributed by atoms with Crippen molar-refractivity contribution in [3.63, 3.8) is 0 Å². The molecule has 2 aliphatic heterocycles. The molecule has 3 heterocycles. The van der Waals surface area contributed by atoms with E-state index in [1.54, 1.807) is 11.8 Å². The maximum Gasteiger partial charge on any atom is 0.256 e. The minimum Gasteiger partial charge on any atom is -0.431 e. The molecule has 0 saturated carbocycles. The molecular formula is C19H28N3OPS2. The third kappa shape index (κ3) is 4.20. The second kappa shape index (κ2) is 8.74. The van der Waals surface area contributed by atoms with Crippen LogP contribution in [0.25, 0.3) is 11.1 Å². The van der Waals surface area contributed by atoms with Crippen LogP contribution < -0.4 is 0 Å². The predicted molar refractivity (Wildman–Crippen MR) is 115 cm³/mol. The number of hydrogen-bond donors (Lipinski definition) is 0. The molecule has 142 valence electrons. The monoisotopic (exact) mass is 409 g/mol. The van der Waals surface area contributed by atoms with Gasteiger partial charge in [0.05, 0.1) is 6.34 Å². The van der Waals surface area contributed by atoms with Crippen LogP contribution in [0.3, 0.4) is 0 Å². The number of oxazole rings is 1. The van der Waals surface area contributed by atoms with Crippen LogP contribution in [0.4, 0.5) is 0 Å². The summed E-state index contributed by atoms with van der Waals surface area (Å²) in [6.07, 6.45) is 7.43. The topological polar surface area (TPSA) is 32.5 Å². The summed E-state index contributed by atoms with van der Waals surface area (Å²) in [6.45, 7) is 4.78. The van der Waals surface area contributed by atoms with E-state index < -0.39 is 6.34 Å². The molecule has 1 aromatic carbocycles.